The van der Waals surface area contributed by atoms with E-state index in [1.165, 1.54) is 0 Å². The van der Waals surface area contributed by atoms with Crippen LogP contribution in [0.25, 0.3) is 0 Å². The third-order valence-corrected chi connectivity index (χ3v) is 4.88. The maximum Gasteiger partial charge on any atom is 0.254 e. The fraction of sp³-hybridized carbons (Fsp3) is 0.588. The van der Waals surface area contributed by atoms with E-state index >= 15 is 0 Å². The lowest BCUT2D eigenvalue weighted by Gasteiger charge is -2.37. The van der Waals surface area contributed by atoms with Crippen LogP contribution in [0.4, 0.5) is 0 Å². The van der Waals surface area contributed by atoms with E-state index in [4.69, 9.17) is 9.47 Å². The molecule has 22 heavy (non-hydrogen) atoms. The van der Waals surface area contributed by atoms with Gasteiger partial charge >= 0.3 is 0 Å². The van der Waals surface area contributed by atoms with Crippen molar-refractivity contribution in [3.63, 3.8) is 0 Å². The molecule has 4 rings (SSSR count). The van der Waals surface area contributed by atoms with Crippen LogP contribution in [0.3, 0.4) is 0 Å². The summed E-state index contributed by atoms with van der Waals surface area (Å²) in [5.41, 5.74) is 0.718. The van der Waals surface area contributed by atoms with Gasteiger partial charge in [-0.1, -0.05) is 0 Å². The summed E-state index contributed by atoms with van der Waals surface area (Å²) < 4.78 is 10.7. The van der Waals surface area contributed by atoms with Crippen LogP contribution in [-0.2, 0) is 0 Å². The Balaban J connectivity index is 1.56. The smallest absolute Gasteiger partial charge is 0.254 e. The van der Waals surface area contributed by atoms with Gasteiger partial charge in [-0.2, -0.15) is 0 Å². The highest BCUT2D eigenvalue weighted by atomic mass is 16.7. The number of ether oxygens (including phenoxy) is 2. The molecular formula is C17H22N2O3. The van der Waals surface area contributed by atoms with Gasteiger partial charge in [0.15, 0.2) is 11.5 Å². The third kappa shape index (κ3) is 2.54. The molecule has 0 unspecified atom stereocenters. The van der Waals surface area contributed by atoms with Crippen molar-refractivity contribution in [3.8, 4) is 11.5 Å². The monoisotopic (exact) mass is 302 g/mol. The van der Waals surface area contributed by atoms with Crippen LogP contribution in [0.2, 0.25) is 0 Å². The van der Waals surface area contributed by atoms with Crippen molar-refractivity contribution in [3.05, 3.63) is 23.8 Å². The molecule has 2 aliphatic heterocycles. The number of carbonyl (C=O) groups is 1. The molecule has 2 fully saturated rings. The molecule has 1 aromatic rings. The van der Waals surface area contributed by atoms with Crippen molar-refractivity contribution in [2.45, 2.75) is 37.8 Å². The highest BCUT2D eigenvalue weighted by Crippen LogP contribution is 2.36. The molecular weight excluding hydrogens is 280 g/mol. The van der Waals surface area contributed by atoms with Crippen LogP contribution >= 0.6 is 0 Å². The van der Waals surface area contributed by atoms with Crippen molar-refractivity contribution in [2.24, 2.45) is 0 Å². The number of hydrogen-bond acceptors (Lipinski definition) is 4. The van der Waals surface area contributed by atoms with Crippen LogP contribution in [0.5, 0.6) is 11.5 Å². The molecule has 5 heteroatoms. The van der Waals surface area contributed by atoms with E-state index < -0.39 is 0 Å². The lowest BCUT2D eigenvalue weighted by molar-refractivity contribution is 0.0569. The molecule has 1 saturated carbocycles. The second-order valence-corrected chi connectivity index (χ2v) is 6.55. The zero-order valence-electron chi connectivity index (χ0n) is 13.0. The normalized spacial score (nSPS) is 21.9. The summed E-state index contributed by atoms with van der Waals surface area (Å²) in [5.74, 6) is 1.56. The van der Waals surface area contributed by atoms with Gasteiger partial charge in [-0.3, -0.25) is 4.79 Å². The summed E-state index contributed by atoms with van der Waals surface area (Å²) in [6.07, 6.45) is 4.43. The largest absolute Gasteiger partial charge is 0.454 e. The van der Waals surface area contributed by atoms with Gasteiger partial charge in [0.1, 0.15) is 0 Å². The van der Waals surface area contributed by atoms with E-state index in [1.807, 2.05) is 18.2 Å². The Kier molecular flexibility index (Phi) is 3.45. The van der Waals surface area contributed by atoms with Gasteiger partial charge in [0.25, 0.3) is 5.91 Å². The Morgan fingerprint density at radius 1 is 1.09 bits per heavy atom. The molecule has 118 valence electrons. The first kappa shape index (κ1) is 13.9. The number of likely N-dealkylation sites (tertiary alicyclic amines) is 1. The first-order chi connectivity index (χ1) is 10.7. The number of fused-ring (bicyclic) bond motifs is 1. The summed E-state index contributed by atoms with van der Waals surface area (Å²) in [5, 5.41) is 0. The van der Waals surface area contributed by atoms with Crippen LogP contribution in [0.1, 0.15) is 36.0 Å². The molecule has 0 bridgehead atoms. The van der Waals surface area contributed by atoms with Gasteiger partial charge in [-0.05, 0) is 64.0 Å². The van der Waals surface area contributed by atoms with Crippen molar-refractivity contribution < 1.29 is 14.3 Å². The van der Waals surface area contributed by atoms with Gasteiger partial charge in [-0.15, -0.1) is 0 Å². The molecule has 0 N–H and O–H groups in total. The second-order valence-electron chi connectivity index (χ2n) is 6.55. The maximum atomic E-state index is 13.0. The van der Waals surface area contributed by atoms with E-state index in [-0.39, 0.29) is 12.7 Å². The van der Waals surface area contributed by atoms with E-state index in [0.29, 0.717) is 17.8 Å². The van der Waals surface area contributed by atoms with Crippen molar-refractivity contribution in [1.82, 2.24) is 9.80 Å². The Hall–Kier alpha value is -1.75. The molecule has 1 aliphatic carbocycles. The zero-order chi connectivity index (χ0) is 15.1. The van der Waals surface area contributed by atoms with Crippen LogP contribution in [0, 0.1) is 0 Å². The quantitative estimate of drug-likeness (QED) is 0.857. The highest BCUT2D eigenvalue weighted by Gasteiger charge is 2.38. The predicted molar refractivity (Wildman–Crippen MR) is 82.3 cm³/mol. The average Bonchev–Trinajstić information content (AvgIpc) is 3.25. The van der Waals surface area contributed by atoms with Crippen molar-refractivity contribution >= 4 is 5.91 Å². The third-order valence-electron chi connectivity index (χ3n) is 4.88. The first-order valence-corrected chi connectivity index (χ1v) is 8.13. The van der Waals surface area contributed by atoms with E-state index in [9.17, 15) is 4.79 Å². The molecule has 0 radical (unpaired) electrons. The number of hydrogen-bond donors (Lipinski definition) is 0. The first-order valence-electron chi connectivity index (χ1n) is 8.13. The Labute approximate surface area is 130 Å². The molecule has 5 nitrogen and oxygen atoms in total. The van der Waals surface area contributed by atoms with Gasteiger partial charge in [0.2, 0.25) is 6.79 Å². The lowest BCUT2D eigenvalue weighted by Crippen LogP contribution is -2.47. The van der Waals surface area contributed by atoms with E-state index in [2.05, 4.69) is 16.8 Å². The van der Waals surface area contributed by atoms with Crippen molar-refractivity contribution in [1.29, 1.82) is 0 Å². The minimum Gasteiger partial charge on any atom is -0.454 e. The molecule has 0 aromatic heterocycles. The molecule has 3 aliphatic rings. The lowest BCUT2D eigenvalue weighted by atomic mass is 10.0. The van der Waals surface area contributed by atoms with Crippen LogP contribution < -0.4 is 9.47 Å². The Bertz CT molecular complexity index is 577. The van der Waals surface area contributed by atoms with E-state index in [1.54, 1.807) is 0 Å². The molecule has 1 saturated heterocycles. The van der Waals surface area contributed by atoms with E-state index in [0.717, 1.165) is 50.1 Å². The molecule has 1 aromatic carbocycles. The number of piperidine rings is 1. The summed E-state index contributed by atoms with van der Waals surface area (Å²) in [4.78, 5) is 17.5. The van der Waals surface area contributed by atoms with Gasteiger partial charge in [-0.25, -0.2) is 0 Å². The molecule has 1 amide bonds. The number of carbonyl (C=O) groups excluding carboxylic acids is 1. The van der Waals surface area contributed by atoms with Gasteiger partial charge < -0.3 is 19.3 Å². The average molecular weight is 302 g/mol. The Morgan fingerprint density at radius 3 is 2.50 bits per heavy atom. The Morgan fingerprint density at radius 2 is 1.77 bits per heavy atom. The fourth-order valence-corrected chi connectivity index (χ4v) is 3.43. The van der Waals surface area contributed by atoms with Gasteiger partial charge in [0, 0.05) is 17.6 Å². The fourth-order valence-electron chi connectivity index (χ4n) is 3.43. The summed E-state index contributed by atoms with van der Waals surface area (Å²) >= 11 is 0. The molecule has 0 spiro atoms. The number of amides is 1. The highest BCUT2D eigenvalue weighted by molar-refractivity contribution is 5.95. The summed E-state index contributed by atoms with van der Waals surface area (Å²) in [7, 11) is 2.15. The summed E-state index contributed by atoms with van der Waals surface area (Å²) in [6, 6.07) is 6.35. The molecule has 0 atom stereocenters. The molecule has 2 heterocycles. The number of nitrogens with zero attached hydrogens (tertiary/aromatic N) is 2. The maximum absolute atomic E-state index is 13.0. The second kappa shape index (κ2) is 5.47. The zero-order valence-corrected chi connectivity index (χ0v) is 13.0. The van der Waals surface area contributed by atoms with Gasteiger partial charge in [0.05, 0.1) is 0 Å². The minimum absolute atomic E-state index is 0.148. The number of rotatable bonds is 3. The van der Waals surface area contributed by atoms with Crippen LogP contribution in [0.15, 0.2) is 18.2 Å². The minimum atomic E-state index is 0.148. The van der Waals surface area contributed by atoms with Crippen molar-refractivity contribution in [2.75, 3.05) is 26.9 Å². The standard InChI is InChI=1S/C17H22N2O3/c1-18-8-6-14(7-9-18)19(13-3-4-13)17(20)12-2-5-15-16(10-12)22-11-21-15/h2,5,10,13-14H,3-4,6-9,11H2,1H3. The van der Waals surface area contributed by atoms with Crippen LogP contribution in [-0.4, -0.2) is 54.7 Å². The SMILES string of the molecule is CN1CCC(N(C(=O)c2ccc3c(c2)OCO3)C2CC2)CC1. The topological polar surface area (TPSA) is 42.0 Å². The predicted octanol–water partition coefficient (Wildman–Crippen LogP) is 2.11. The number of benzene rings is 1. The summed E-state index contributed by atoms with van der Waals surface area (Å²) in [6.45, 7) is 2.39.